The van der Waals surface area contributed by atoms with E-state index in [4.69, 9.17) is 4.74 Å². The lowest BCUT2D eigenvalue weighted by Crippen LogP contribution is -2.32. The molecule has 1 saturated carbocycles. The molecule has 12 heteroatoms. The van der Waals surface area contributed by atoms with Gasteiger partial charge < -0.3 is 15.4 Å². The summed E-state index contributed by atoms with van der Waals surface area (Å²) in [5, 5.41) is 5.29. The van der Waals surface area contributed by atoms with E-state index in [2.05, 4.69) is 15.6 Å². The molecular formula is C28H36N4O7S. The lowest BCUT2D eigenvalue weighted by molar-refractivity contribution is -0.142. The molecule has 0 spiro atoms. The Labute approximate surface area is 234 Å². The van der Waals surface area contributed by atoms with Gasteiger partial charge >= 0.3 is 5.97 Å². The number of carbonyl (C=O) groups excluding carboxylic acids is 4. The molecule has 0 radical (unpaired) electrons. The van der Waals surface area contributed by atoms with Crippen LogP contribution in [0.3, 0.4) is 0 Å². The molecule has 1 heterocycles. The molecule has 0 bridgehead atoms. The number of benzene rings is 1. The molecule has 3 amide bonds. The van der Waals surface area contributed by atoms with Crippen molar-refractivity contribution in [3.8, 4) is 0 Å². The number of esters is 1. The highest BCUT2D eigenvalue weighted by Crippen LogP contribution is 2.26. The fourth-order valence-corrected chi connectivity index (χ4v) is 5.29. The van der Waals surface area contributed by atoms with Gasteiger partial charge in [0.05, 0.1) is 17.1 Å². The number of hydrogen-bond donors (Lipinski definition) is 3. The van der Waals surface area contributed by atoms with Crippen molar-refractivity contribution in [3.63, 3.8) is 0 Å². The molecule has 0 aliphatic heterocycles. The monoisotopic (exact) mass is 572 g/mol. The Kier molecular flexibility index (Phi) is 11.6. The van der Waals surface area contributed by atoms with Crippen LogP contribution in [0.25, 0.3) is 0 Å². The van der Waals surface area contributed by atoms with Crippen molar-refractivity contribution in [1.82, 2.24) is 20.3 Å². The second kappa shape index (κ2) is 15.1. The second-order valence-corrected chi connectivity index (χ2v) is 11.4. The zero-order chi connectivity index (χ0) is 29.0. The normalized spacial score (nSPS) is 13.7. The lowest BCUT2D eigenvalue weighted by atomic mass is 9.87. The summed E-state index contributed by atoms with van der Waals surface area (Å²) in [5.74, 6) is -1.62. The van der Waals surface area contributed by atoms with Gasteiger partial charge in [0.1, 0.15) is 12.2 Å². The Hall–Kier alpha value is -3.80. The van der Waals surface area contributed by atoms with Crippen molar-refractivity contribution in [2.75, 3.05) is 19.7 Å². The zero-order valence-electron chi connectivity index (χ0n) is 22.6. The summed E-state index contributed by atoms with van der Waals surface area (Å²) in [6.07, 6.45) is 8.68. The van der Waals surface area contributed by atoms with E-state index < -0.39 is 27.8 Å². The van der Waals surface area contributed by atoms with Crippen molar-refractivity contribution < 1.29 is 32.3 Å². The summed E-state index contributed by atoms with van der Waals surface area (Å²) in [6.45, 7) is 2.23. The Morgan fingerprint density at radius 1 is 0.950 bits per heavy atom. The van der Waals surface area contributed by atoms with E-state index in [0.29, 0.717) is 31.7 Å². The van der Waals surface area contributed by atoms with Crippen LogP contribution in [0.4, 0.5) is 0 Å². The predicted molar refractivity (Wildman–Crippen MR) is 147 cm³/mol. The van der Waals surface area contributed by atoms with Gasteiger partial charge in [-0.15, -0.1) is 0 Å². The zero-order valence-corrected chi connectivity index (χ0v) is 23.4. The third-order valence-electron chi connectivity index (χ3n) is 6.51. The third-order valence-corrected chi connectivity index (χ3v) is 7.86. The molecule has 1 aliphatic rings. The highest BCUT2D eigenvalue weighted by Gasteiger charge is 2.20. The molecule has 1 aromatic heterocycles. The van der Waals surface area contributed by atoms with Gasteiger partial charge in [-0.25, -0.2) is 13.1 Å². The number of aromatic nitrogens is 1. The number of pyridine rings is 1. The average Bonchev–Trinajstić information content (AvgIpc) is 2.95. The molecular weight excluding hydrogens is 536 g/mol. The number of nitrogens with zero attached hydrogens (tertiary/aromatic N) is 1. The molecule has 1 aliphatic carbocycles. The SMILES string of the molecule is CCCOC(=O)CNC(=O)c1ccc(C(=O)NS(=O)(=O)c2ccc(CCNC(=O)CC3CCCCC3)cc2)cn1. The molecule has 0 saturated heterocycles. The van der Waals surface area contributed by atoms with Crippen LogP contribution >= 0.6 is 0 Å². The van der Waals surface area contributed by atoms with Crippen molar-refractivity contribution in [3.05, 3.63) is 59.4 Å². The maximum atomic E-state index is 12.7. The van der Waals surface area contributed by atoms with Crippen LogP contribution < -0.4 is 15.4 Å². The number of rotatable bonds is 13. The van der Waals surface area contributed by atoms with Crippen molar-refractivity contribution in [2.24, 2.45) is 5.92 Å². The lowest BCUT2D eigenvalue weighted by Gasteiger charge is -2.20. The van der Waals surface area contributed by atoms with Crippen LogP contribution in [0.15, 0.2) is 47.5 Å². The van der Waals surface area contributed by atoms with Gasteiger partial charge in [-0.1, -0.05) is 38.3 Å². The number of ether oxygens (including phenoxy) is 1. The molecule has 1 aromatic carbocycles. The highest BCUT2D eigenvalue weighted by atomic mass is 32.2. The topological polar surface area (TPSA) is 161 Å². The number of nitrogens with one attached hydrogen (secondary N) is 3. The average molecular weight is 573 g/mol. The van der Waals surface area contributed by atoms with E-state index >= 15 is 0 Å². The Bertz CT molecular complexity index is 1270. The minimum atomic E-state index is -4.15. The van der Waals surface area contributed by atoms with Crippen LogP contribution in [0, 0.1) is 5.92 Å². The van der Waals surface area contributed by atoms with E-state index in [0.717, 1.165) is 24.6 Å². The van der Waals surface area contributed by atoms with E-state index in [1.165, 1.54) is 43.5 Å². The first-order valence-corrected chi connectivity index (χ1v) is 15.0. The number of hydrogen-bond acceptors (Lipinski definition) is 8. The van der Waals surface area contributed by atoms with Gasteiger partial charge in [0, 0.05) is 19.2 Å². The van der Waals surface area contributed by atoms with E-state index in [1.807, 2.05) is 11.6 Å². The predicted octanol–water partition coefficient (Wildman–Crippen LogP) is 2.51. The molecule has 216 valence electrons. The van der Waals surface area contributed by atoms with Crippen molar-refractivity contribution in [2.45, 2.75) is 63.2 Å². The summed E-state index contributed by atoms with van der Waals surface area (Å²) in [4.78, 5) is 52.1. The Morgan fingerprint density at radius 3 is 2.33 bits per heavy atom. The number of carbonyl (C=O) groups is 4. The van der Waals surface area contributed by atoms with Gasteiger partial charge in [-0.3, -0.25) is 24.2 Å². The first kappa shape index (κ1) is 30.7. The van der Waals surface area contributed by atoms with E-state index in [-0.39, 0.29) is 35.2 Å². The number of amides is 3. The fraction of sp³-hybridized carbons (Fsp3) is 0.464. The third kappa shape index (κ3) is 9.74. The summed E-state index contributed by atoms with van der Waals surface area (Å²) < 4.78 is 32.3. The van der Waals surface area contributed by atoms with Gasteiger partial charge in [-0.2, -0.15) is 0 Å². The molecule has 1 fully saturated rings. The quantitative estimate of drug-likeness (QED) is 0.309. The van der Waals surface area contributed by atoms with E-state index in [9.17, 15) is 27.6 Å². The van der Waals surface area contributed by atoms with Gasteiger partial charge in [0.25, 0.3) is 21.8 Å². The van der Waals surface area contributed by atoms with Crippen LogP contribution in [0.1, 0.15) is 78.3 Å². The van der Waals surface area contributed by atoms with E-state index in [1.54, 1.807) is 12.1 Å². The molecule has 2 aromatic rings. The molecule has 0 atom stereocenters. The fourth-order valence-electron chi connectivity index (χ4n) is 4.32. The summed E-state index contributed by atoms with van der Waals surface area (Å²) in [5.41, 5.74) is 0.728. The van der Waals surface area contributed by atoms with Crippen LogP contribution in [-0.2, 0) is 30.8 Å². The maximum absolute atomic E-state index is 12.7. The van der Waals surface area contributed by atoms with Crippen molar-refractivity contribution >= 4 is 33.7 Å². The molecule has 3 rings (SSSR count). The Morgan fingerprint density at radius 2 is 1.68 bits per heavy atom. The first-order chi connectivity index (χ1) is 19.2. The Balaban J connectivity index is 1.46. The largest absolute Gasteiger partial charge is 0.464 e. The minimum Gasteiger partial charge on any atom is -0.464 e. The molecule has 11 nitrogen and oxygen atoms in total. The second-order valence-electron chi connectivity index (χ2n) is 9.72. The summed E-state index contributed by atoms with van der Waals surface area (Å²) in [6, 6.07) is 8.57. The van der Waals surface area contributed by atoms with Gasteiger partial charge in [0.2, 0.25) is 5.91 Å². The minimum absolute atomic E-state index is 0.0454. The molecule has 3 N–H and O–H groups in total. The standard InChI is InChI=1S/C28H36N4O7S/c1-2-16-39-26(34)19-31-28(36)24-13-10-22(18-30-24)27(35)32-40(37,38)23-11-8-20(9-12-23)14-15-29-25(33)17-21-6-4-3-5-7-21/h8-13,18,21H,2-7,14-17,19H2,1H3,(H,29,33)(H,31,36)(H,32,35). The van der Waals surface area contributed by atoms with Crippen molar-refractivity contribution in [1.29, 1.82) is 0 Å². The highest BCUT2D eigenvalue weighted by molar-refractivity contribution is 7.90. The van der Waals surface area contributed by atoms with Gasteiger partial charge in [-0.05, 0) is 61.4 Å². The van der Waals surface area contributed by atoms with Gasteiger partial charge in [0.15, 0.2) is 0 Å². The smallest absolute Gasteiger partial charge is 0.325 e. The first-order valence-electron chi connectivity index (χ1n) is 13.5. The molecule has 40 heavy (non-hydrogen) atoms. The van der Waals surface area contributed by atoms with Crippen LogP contribution in [-0.4, -0.2) is 56.8 Å². The van der Waals surface area contributed by atoms with Crippen LogP contribution in [0.5, 0.6) is 0 Å². The maximum Gasteiger partial charge on any atom is 0.325 e. The molecule has 0 unspecified atom stereocenters. The summed E-state index contributed by atoms with van der Waals surface area (Å²) >= 11 is 0. The number of sulfonamides is 1. The van der Waals surface area contributed by atoms with Crippen LogP contribution in [0.2, 0.25) is 0 Å². The summed E-state index contributed by atoms with van der Waals surface area (Å²) in [7, 11) is -4.15.